The lowest BCUT2D eigenvalue weighted by Crippen LogP contribution is -2.23. The topological polar surface area (TPSA) is 46.5 Å². The molecule has 0 aliphatic rings. The van der Waals surface area contributed by atoms with E-state index in [-0.39, 0.29) is 5.76 Å². The Morgan fingerprint density at radius 3 is 1.86 bits per heavy atom. The van der Waals surface area contributed by atoms with Gasteiger partial charge < -0.3 is 9.84 Å². The third kappa shape index (κ3) is 5.62. The van der Waals surface area contributed by atoms with E-state index in [0.717, 1.165) is 6.08 Å². The average molecular weight is 200 g/mol. The van der Waals surface area contributed by atoms with E-state index >= 15 is 0 Å². The Balaban J connectivity index is 4.46. The maximum atomic E-state index is 11.3. The summed E-state index contributed by atoms with van der Waals surface area (Å²) < 4.78 is 5.03. The Labute approximate surface area is 85.8 Å². The standard InChI is InChI=1S/C11H20O3/c1-10(2,3)8(12)7-9(13)14-11(4,5)6/h7,12H,1-6H3/b8-7-. The lowest BCUT2D eigenvalue weighted by Gasteiger charge is -2.20. The SMILES string of the molecule is CC(C)(C)OC(=O)/C=C(\O)C(C)(C)C. The summed E-state index contributed by atoms with van der Waals surface area (Å²) in [5, 5.41) is 9.51. The van der Waals surface area contributed by atoms with Crippen molar-refractivity contribution in [2.24, 2.45) is 5.41 Å². The van der Waals surface area contributed by atoms with Crippen LogP contribution in [0.2, 0.25) is 0 Å². The number of carbonyl (C=O) groups is 1. The van der Waals surface area contributed by atoms with Crippen LogP contribution in [0.15, 0.2) is 11.8 Å². The van der Waals surface area contributed by atoms with Gasteiger partial charge in [-0.3, -0.25) is 0 Å². The molecule has 0 saturated carbocycles. The molecular weight excluding hydrogens is 180 g/mol. The minimum absolute atomic E-state index is 0.0340. The van der Waals surface area contributed by atoms with Crippen LogP contribution in [0.3, 0.4) is 0 Å². The van der Waals surface area contributed by atoms with E-state index in [1.54, 1.807) is 20.8 Å². The molecule has 0 bridgehead atoms. The van der Waals surface area contributed by atoms with Gasteiger partial charge in [-0.25, -0.2) is 4.79 Å². The van der Waals surface area contributed by atoms with E-state index in [4.69, 9.17) is 4.74 Å². The van der Waals surface area contributed by atoms with Gasteiger partial charge in [0.15, 0.2) is 0 Å². The molecule has 0 heterocycles. The normalized spacial score (nSPS) is 14.0. The highest BCUT2D eigenvalue weighted by molar-refractivity contribution is 5.82. The molecular formula is C11H20O3. The third-order valence-electron chi connectivity index (χ3n) is 1.43. The van der Waals surface area contributed by atoms with Gasteiger partial charge in [-0.2, -0.15) is 0 Å². The maximum Gasteiger partial charge on any atom is 0.334 e. The second kappa shape index (κ2) is 4.03. The molecule has 3 heteroatoms. The second-order valence-corrected chi connectivity index (χ2v) is 5.31. The summed E-state index contributed by atoms with van der Waals surface area (Å²) in [5.74, 6) is -0.475. The summed E-state index contributed by atoms with van der Waals surface area (Å²) in [5.41, 5.74) is -0.942. The fraction of sp³-hybridized carbons (Fsp3) is 0.727. The second-order valence-electron chi connectivity index (χ2n) is 5.31. The van der Waals surface area contributed by atoms with Crippen LogP contribution in [0.4, 0.5) is 0 Å². The van der Waals surface area contributed by atoms with Crippen molar-refractivity contribution in [2.75, 3.05) is 0 Å². The summed E-state index contributed by atoms with van der Waals surface area (Å²) in [6, 6.07) is 0. The Hall–Kier alpha value is -0.990. The van der Waals surface area contributed by atoms with Crippen LogP contribution < -0.4 is 0 Å². The van der Waals surface area contributed by atoms with E-state index in [1.807, 2.05) is 20.8 Å². The highest BCUT2D eigenvalue weighted by Crippen LogP contribution is 2.22. The van der Waals surface area contributed by atoms with Crippen LogP contribution in [-0.4, -0.2) is 16.7 Å². The monoisotopic (exact) mass is 200 g/mol. The van der Waals surface area contributed by atoms with Crippen LogP contribution in [0, 0.1) is 5.41 Å². The Bertz CT molecular complexity index is 238. The van der Waals surface area contributed by atoms with Gasteiger partial charge in [0.25, 0.3) is 0 Å². The zero-order valence-corrected chi connectivity index (χ0v) is 9.84. The molecule has 3 nitrogen and oxygen atoms in total. The lowest BCUT2D eigenvalue weighted by molar-refractivity contribution is -0.148. The molecule has 0 aromatic carbocycles. The molecule has 0 unspecified atom stereocenters. The highest BCUT2D eigenvalue weighted by Gasteiger charge is 2.20. The molecule has 0 amide bonds. The summed E-state index contributed by atoms with van der Waals surface area (Å²) in [6.45, 7) is 10.8. The van der Waals surface area contributed by atoms with Crippen molar-refractivity contribution in [3.63, 3.8) is 0 Å². The van der Waals surface area contributed by atoms with Crippen LogP contribution in [0.5, 0.6) is 0 Å². The molecule has 82 valence electrons. The van der Waals surface area contributed by atoms with Crippen molar-refractivity contribution in [1.29, 1.82) is 0 Å². The minimum atomic E-state index is -0.522. The highest BCUT2D eigenvalue weighted by atomic mass is 16.6. The van der Waals surface area contributed by atoms with Crippen molar-refractivity contribution in [3.05, 3.63) is 11.8 Å². The van der Waals surface area contributed by atoms with E-state index in [1.165, 1.54) is 0 Å². The van der Waals surface area contributed by atoms with Gasteiger partial charge in [0.1, 0.15) is 11.4 Å². The fourth-order valence-corrected chi connectivity index (χ4v) is 0.659. The first-order valence-corrected chi connectivity index (χ1v) is 4.66. The number of aliphatic hydroxyl groups is 1. The summed E-state index contributed by atoms with van der Waals surface area (Å²) in [4.78, 5) is 11.3. The summed E-state index contributed by atoms with van der Waals surface area (Å²) >= 11 is 0. The molecule has 0 saturated heterocycles. The van der Waals surface area contributed by atoms with Gasteiger partial charge in [-0.05, 0) is 20.8 Å². The predicted molar refractivity (Wildman–Crippen MR) is 56.0 cm³/mol. The Kier molecular flexibility index (Phi) is 3.74. The number of carbonyl (C=O) groups excluding carboxylic acids is 1. The maximum absolute atomic E-state index is 11.3. The molecule has 0 radical (unpaired) electrons. The van der Waals surface area contributed by atoms with Gasteiger partial charge >= 0.3 is 5.97 Å². The van der Waals surface area contributed by atoms with Crippen LogP contribution >= 0.6 is 0 Å². The van der Waals surface area contributed by atoms with Crippen molar-refractivity contribution < 1.29 is 14.6 Å². The molecule has 1 N–H and O–H groups in total. The van der Waals surface area contributed by atoms with Gasteiger partial charge in [0, 0.05) is 5.41 Å². The number of hydrogen-bond donors (Lipinski definition) is 1. The quantitative estimate of drug-likeness (QED) is 0.402. The smallest absolute Gasteiger partial charge is 0.334 e. The lowest BCUT2D eigenvalue weighted by atomic mass is 9.94. The third-order valence-corrected chi connectivity index (χ3v) is 1.43. The molecule has 0 atom stereocenters. The van der Waals surface area contributed by atoms with E-state index in [0.29, 0.717) is 0 Å². The van der Waals surface area contributed by atoms with E-state index < -0.39 is 17.0 Å². The Morgan fingerprint density at radius 1 is 1.14 bits per heavy atom. The molecule has 0 aliphatic carbocycles. The van der Waals surface area contributed by atoms with Crippen molar-refractivity contribution in [1.82, 2.24) is 0 Å². The molecule has 14 heavy (non-hydrogen) atoms. The molecule has 0 aromatic heterocycles. The van der Waals surface area contributed by atoms with Crippen LogP contribution in [0.25, 0.3) is 0 Å². The molecule has 0 aliphatic heterocycles. The number of esters is 1. The zero-order chi connectivity index (χ0) is 11.6. The van der Waals surface area contributed by atoms with Crippen molar-refractivity contribution in [2.45, 2.75) is 47.1 Å². The van der Waals surface area contributed by atoms with Crippen LogP contribution in [0.1, 0.15) is 41.5 Å². The fourth-order valence-electron chi connectivity index (χ4n) is 0.659. The average Bonchev–Trinajstić information content (AvgIpc) is 1.79. The number of allylic oxidation sites excluding steroid dienone is 1. The molecule has 0 fully saturated rings. The van der Waals surface area contributed by atoms with Gasteiger partial charge in [0.05, 0.1) is 6.08 Å². The number of hydrogen-bond acceptors (Lipinski definition) is 3. The van der Waals surface area contributed by atoms with Gasteiger partial charge in [-0.1, -0.05) is 20.8 Å². The zero-order valence-electron chi connectivity index (χ0n) is 9.84. The van der Waals surface area contributed by atoms with Crippen molar-refractivity contribution in [3.8, 4) is 0 Å². The van der Waals surface area contributed by atoms with Crippen LogP contribution in [-0.2, 0) is 9.53 Å². The van der Waals surface area contributed by atoms with Crippen molar-refractivity contribution >= 4 is 5.97 Å². The first kappa shape index (κ1) is 13.0. The van der Waals surface area contributed by atoms with Gasteiger partial charge in [0.2, 0.25) is 0 Å². The Morgan fingerprint density at radius 2 is 1.57 bits per heavy atom. The molecule has 0 spiro atoms. The van der Waals surface area contributed by atoms with Gasteiger partial charge in [-0.15, -0.1) is 0 Å². The first-order chi connectivity index (χ1) is 6.02. The summed E-state index contributed by atoms with van der Waals surface area (Å²) in [6.07, 6.45) is 1.13. The number of ether oxygens (including phenoxy) is 1. The minimum Gasteiger partial charge on any atom is -0.511 e. The number of rotatable bonds is 1. The van der Waals surface area contributed by atoms with E-state index in [2.05, 4.69) is 0 Å². The van der Waals surface area contributed by atoms with E-state index in [9.17, 15) is 9.90 Å². The predicted octanol–water partition coefficient (Wildman–Crippen LogP) is 2.82. The number of aliphatic hydroxyl groups excluding tert-OH is 1. The molecule has 0 rings (SSSR count). The molecule has 0 aromatic rings. The summed E-state index contributed by atoms with van der Waals surface area (Å²) in [7, 11) is 0. The first-order valence-electron chi connectivity index (χ1n) is 4.66. The largest absolute Gasteiger partial charge is 0.511 e.